The smallest absolute Gasteiger partial charge is 0.321 e. The topological polar surface area (TPSA) is 71.7 Å². The Morgan fingerprint density at radius 2 is 1.40 bits per heavy atom. The number of para-hydroxylation sites is 2. The highest BCUT2D eigenvalue weighted by molar-refractivity contribution is 6.01. The molecule has 42 heavy (non-hydrogen) atoms. The lowest BCUT2D eigenvalue weighted by molar-refractivity contribution is 0.0664. The lowest BCUT2D eigenvalue weighted by Crippen LogP contribution is -2.51. The number of aryl methyl sites for hydroxylation is 2. The third-order valence-corrected chi connectivity index (χ3v) is 8.83. The summed E-state index contributed by atoms with van der Waals surface area (Å²) in [4.78, 5) is 36.2. The molecule has 2 aliphatic heterocycles. The SMILES string of the molecule is Cc1cccc(C)c1C1CCN(Cc2c(C(=O)N3CCN(C(=O)Nc4ccccc4)CC3)[nH]c3ccccc23)CC1.Cl. The molecule has 4 aromatic rings. The molecule has 2 N–H and O–H groups in total. The Labute approximate surface area is 254 Å². The number of nitrogens with zero attached hydrogens (tertiary/aromatic N) is 3. The molecular formula is C34H40ClN5O2. The van der Waals surface area contributed by atoms with Gasteiger partial charge < -0.3 is 20.1 Å². The summed E-state index contributed by atoms with van der Waals surface area (Å²) < 4.78 is 0. The van der Waals surface area contributed by atoms with Crippen LogP contribution in [-0.4, -0.2) is 70.9 Å². The van der Waals surface area contributed by atoms with Gasteiger partial charge in [0.05, 0.1) is 0 Å². The Balaban J connectivity index is 0.00000353. The Morgan fingerprint density at radius 1 is 0.786 bits per heavy atom. The quantitative estimate of drug-likeness (QED) is 0.278. The van der Waals surface area contributed by atoms with Gasteiger partial charge in [-0.05, 0) is 80.6 Å². The van der Waals surface area contributed by atoms with Crippen LogP contribution in [0.4, 0.5) is 10.5 Å². The second-order valence-corrected chi connectivity index (χ2v) is 11.5. The summed E-state index contributed by atoms with van der Waals surface area (Å²) in [5.41, 5.74) is 7.85. The highest BCUT2D eigenvalue weighted by Gasteiger charge is 2.30. The fourth-order valence-corrected chi connectivity index (χ4v) is 6.62. The molecule has 7 nitrogen and oxygen atoms in total. The van der Waals surface area contributed by atoms with Crippen LogP contribution in [-0.2, 0) is 6.54 Å². The zero-order chi connectivity index (χ0) is 28.3. The van der Waals surface area contributed by atoms with E-state index in [1.165, 1.54) is 16.7 Å². The first-order valence-electron chi connectivity index (χ1n) is 14.8. The molecule has 2 saturated heterocycles. The van der Waals surface area contributed by atoms with Crippen molar-refractivity contribution in [1.82, 2.24) is 19.7 Å². The molecule has 2 aliphatic rings. The molecule has 3 aromatic carbocycles. The van der Waals surface area contributed by atoms with E-state index < -0.39 is 0 Å². The van der Waals surface area contributed by atoms with Crippen molar-refractivity contribution in [3.63, 3.8) is 0 Å². The average molecular weight is 586 g/mol. The van der Waals surface area contributed by atoms with Crippen molar-refractivity contribution in [1.29, 1.82) is 0 Å². The summed E-state index contributed by atoms with van der Waals surface area (Å²) in [6, 6.07) is 24.2. The maximum Gasteiger partial charge on any atom is 0.321 e. The number of urea groups is 1. The van der Waals surface area contributed by atoms with E-state index in [1.54, 1.807) is 4.90 Å². The Bertz CT molecular complexity index is 1520. The van der Waals surface area contributed by atoms with E-state index in [9.17, 15) is 9.59 Å². The summed E-state index contributed by atoms with van der Waals surface area (Å²) in [5, 5.41) is 4.07. The van der Waals surface area contributed by atoms with Crippen LogP contribution in [0.5, 0.6) is 0 Å². The number of amides is 3. The number of piperidine rings is 1. The summed E-state index contributed by atoms with van der Waals surface area (Å²) >= 11 is 0. The van der Waals surface area contributed by atoms with Crippen LogP contribution in [0.15, 0.2) is 72.8 Å². The normalized spacial score (nSPS) is 16.3. The number of likely N-dealkylation sites (tertiary alicyclic amines) is 1. The van der Waals surface area contributed by atoms with Gasteiger partial charge in [0, 0.05) is 54.9 Å². The number of rotatable bonds is 5. The number of fused-ring (bicyclic) bond motifs is 1. The zero-order valence-corrected chi connectivity index (χ0v) is 25.3. The number of benzene rings is 3. The van der Waals surface area contributed by atoms with Gasteiger partial charge in [-0.3, -0.25) is 9.69 Å². The maximum absolute atomic E-state index is 13.9. The van der Waals surface area contributed by atoms with Crippen molar-refractivity contribution in [3.05, 3.63) is 101 Å². The molecule has 220 valence electrons. The summed E-state index contributed by atoms with van der Waals surface area (Å²) in [6.07, 6.45) is 2.26. The molecule has 0 aliphatic carbocycles. The first-order valence-corrected chi connectivity index (χ1v) is 14.8. The van der Waals surface area contributed by atoms with Gasteiger partial charge in [0.25, 0.3) is 5.91 Å². The minimum atomic E-state index is -0.126. The largest absolute Gasteiger partial charge is 0.350 e. The van der Waals surface area contributed by atoms with E-state index in [0.29, 0.717) is 37.8 Å². The Kier molecular flexibility index (Phi) is 9.19. The summed E-state index contributed by atoms with van der Waals surface area (Å²) in [7, 11) is 0. The molecule has 0 bridgehead atoms. The molecule has 0 saturated carbocycles. The third kappa shape index (κ3) is 6.18. The van der Waals surface area contributed by atoms with Crippen molar-refractivity contribution in [3.8, 4) is 0 Å². The molecule has 0 radical (unpaired) electrons. The number of halogens is 1. The van der Waals surface area contributed by atoms with E-state index in [4.69, 9.17) is 0 Å². The second kappa shape index (κ2) is 13.0. The van der Waals surface area contributed by atoms with Crippen LogP contribution >= 0.6 is 12.4 Å². The lowest BCUT2D eigenvalue weighted by atomic mass is 9.84. The predicted molar refractivity (Wildman–Crippen MR) is 172 cm³/mol. The number of carbonyl (C=O) groups is 2. The molecular weight excluding hydrogens is 546 g/mol. The van der Waals surface area contributed by atoms with E-state index >= 15 is 0 Å². The number of aromatic amines is 1. The van der Waals surface area contributed by atoms with Crippen molar-refractivity contribution < 1.29 is 9.59 Å². The number of anilines is 1. The first kappa shape index (κ1) is 29.7. The van der Waals surface area contributed by atoms with E-state index in [2.05, 4.69) is 59.4 Å². The fraction of sp³-hybridized carbons (Fsp3) is 0.353. The van der Waals surface area contributed by atoms with Crippen LogP contribution in [0.25, 0.3) is 10.9 Å². The van der Waals surface area contributed by atoms with Gasteiger partial charge in [0.2, 0.25) is 0 Å². The standard InChI is InChI=1S/C34H39N5O2.ClH/c1-24-9-8-10-25(2)31(24)26-15-17-37(18-16-26)23-29-28-13-6-7-14-30(28)36-32(29)33(40)38-19-21-39(22-20-38)34(41)35-27-11-4-3-5-12-27;/h3-14,26,36H,15-23H2,1-2H3,(H,35,41);1H. The molecule has 2 fully saturated rings. The minimum Gasteiger partial charge on any atom is -0.350 e. The summed E-state index contributed by atoms with van der Waals surface area (Å²) in [6.45, 7) is 9.28. The molecule has 3 heterocycles. The molecule has 3 amide bonds. The number of carbonyl (C=O) groups excluding carboxylic acids is 2. The predicted octanol–water partition coefficient (Wildman–Crippen LogP) is 6.58. The van der Waals surface area contributed by atoms with E-state index in [1.807, 2.05) is 47.4 Å². The highest BCUT2D eigenvalue weighted by atomic mass is 35.5. The molecule has 1 aromatic heterocycles. The van der Waals surface area contributed by atoms with E-state index in [0.717, 1.165) is 54.6 Å². The molecule has 0 spiro atoms. The number of piperazine rings is 1. The lowest BCUT2D eigenvalue weighted by Gasteiger charge is -2.35. The minimum absolute atomic E-state index is 0. The Hall–Kier alpha value is -3.81. The number of hydrogen-bond acceptors (Lipinski definition) is 3. The van der Waals surface area contributed by atoms with Gasteiger partial charge in [-0.2, -0.15) is 0 Å². The van der Waals surface area contributed by atoms with Crippen molar-refractivity contribution in [2.75, 3.05) is 44.6 Å². The molecule has 0 atom stereocenters. The van der Waals surface area contributed by atoms with Crippen LogP contribution in [0, 0.1) is 13.8 Å². The average Bonchev–Trinajstić information content (AvgIpc) is 3.36. The number of hydrogen-bond donors (Lipinski definition) is 2. The first-order chi connectivity index (χ1) is 20.0. The summed E-state index contributed by atoms with van der Waals surface area (Å²) in [5.74, 6) is 0.608. The fourth-order valence-electron chi connectivity index (χ4n) is 6.62. The maximum atomic E-state index is 13.9. The van der Waals surface area contributed by atoms with E-state index in [-0.39, 0.29) is 24.3 Å². The van der Waals surface area contributed by atoms with Gasteiger partial charge in [0.1, 0.15) is 5.69 Å². The van der Waals surface area contributed by atoms with Crippen molar-refractivity contribution in [2.24, 2.45) is 0 Å². The highest BCUT2D eigenvalue weighted by Crippen LogP contribution is 2.34. The number of H-pyrrole nitrogens is 1. The molecule has 8 heteroatoms. The van der Waals surface area contributed by atoms with Crippen molar-refractivity contribution >= 4 is 40.9 Å². The Morgan fingerprint density at radius 3 is 2.10 bits per heavy atom. The zero-order valence-electron chi connectivity index (χ0n) is 24.4. The number of nitrogens with one attached hydrogen (secondary N) is 2. The monoisotopic (exact) mass is 585 g/mol. The van der Waals surface area contributed by atoms with Gasteiger partial charge in [0.15, 0.2) is 0 Å². The van der Waals surface area contributed by atoms with Gasteiger partial charge >= 0.3 is 6.03 Å². The van der Waals surface area contributed by atoms with Crippen molar-refractivity contribution in [2.45, 2.75) is 39.2 Å². The van der Waals surface area contributed by atoms with Crippen LogP contribution in [0.2, 0.25) is 0 Å². The van der Waals surface area contributed by atoms with Gasteiger partial charge in [-0.25, -0.2) is 4.79 Å². The molecule has 0 unspecified atom stereocenters. The van der Waals surface area contributed by atoms with Crippen LogP contribution in [0.3, 0.4) is 0 Å². The number of aromatic nitrogens is 1. The van der Waals surface area contributed by atoms with Crippen LogP contribution < -0.4 is 5.32 Å². The third-order valence-electron chi connectivity index (χ3n) is 8.83. The molecule has 6 rings (SSSR count). The van der Waals surface area contributed by atoms with Crippen LogP contribution in [0.1, 0.15) is 51.5 Å². The van der Waals surface area contributed by atoms with Gasteiger partial charge in [-0.1, -0.05) is 54.6 Å². The van der Waals surface area contributed by atoms with Gasteiger partial charge in [-0.15, -0.1) is 12.4 Å². The second-order valence-electron chi connectivity index (χ2n) is 11.5.